The lowest BCUT2D eigenvalue weighted by molar-refractivity contribution is 0.238. The maximum atomic E-state index is 6.04. The van der Waals surface area contributed by atoms with Crippen LogP contribution in [0, 0.1) is 0 Å². The van der Waals surface area contributed by atoms with Gasteiger partial charge < -0.3 is 8.85 Å². The van der Waals surface area contributed by atoms with E-state index in [2.05, 4.69) is 13.8 Å². The van der Waals surface area contributed by atoms with Crippen molar-refractivity contribution in [3.8, 4) is 0 Å². The molecule has 0 amide bonds. The molecule has 0 aliphatic carbocycles. The molecule has 0 saturated carbocycles. The quantitative estimate of drug-likeness (QED) is 0.0567. The number of unbranched alkanes of at least 4 members (excludes halogenated alkanes) is 28. The highest BCUT2D eigenvalue weighted by molar-refractivity contribution is 6.67. The summed E-state index contributed by atoms with van der Waals surface area (Å²) in [4.78, 5) is 0. The fraction of sp³-hybridized carbons (Fsp3) is 1.00. The van der Waals surface area contributed by atoms with E-state index >= 15 is 0 Å². The minimum absolute atomic E-state index is 1.19. The van der Waals surface area contributed by atoms with E-state index in [4.69, 9.17) is 8.85 Å². The summed E-state index contributed by atoms with van der Waals surface area (Å²) >= 11 is 0. The van der Waals surface area contributed by atoms with Gasteiger partial charge in [-0.1, -0.05) is 206 Å². The Morgan fingerprint density at radius 2 is 0.462 bits per heavy atom. The Morgan fingerprint density at radius 3 is 0.641 bits per heavy atom. The molecular formula is C36H76O2Si. The third kappa shape index (κ3) is 28.0. The summed E-state index contributed by atoms with van der Waals surface area (Å²) in [5.41, 5.74) is 0. The molecule has 0 radical (unpaired) electrons. The molecule has 3 heteroatoms. The summed E-state index contributed by atoms with van der Waals surface area (Å²) in [7, 11) is 1.86. The second-order valence-electron chi connectivity index (χ2n) is 12.7. The summed E-state index contributed by atoms with van der Waals surface area (Å²) in [5.74, 6) is 0. The molecule has 0 aromatic rings. The van der Waals surface area contributed by atoms with Crippen LogP contribution in [0.3, 0.4) is 0 Å². The van der Waals surface area contributed by atoms with Crippen molar-refractivity contribution in [3.05, 3.63) is 0 Å². The number of hydrogen-bond acceptors (Lipinski definition) is 2. The third-order valence-electron chi connectivity index (χ3n) is 9.07. The Hall–Kier alpha value is 0.137. The minimum Gasteiger partial charge on any atom is -0.398 e. The molecule has 2 nitrogen and oxygen atoms in total. The molecule has 0 N–H and O–H groups in total. The fourth-order valence-electron chi connectivity index (χ4n) is 6.15. The van der Waals surface area contributed by atoms with E-state index in [1.165, 1.54) is 205 Å². The average molecular weight is 569 g/mol. The molecule has 0 heterocycles. The van der Waals surface area contributed by atoms with Gasteiger partial charge in [0.15, 0.2) is 0 Å². The van der Waals surface area contributed by atoms with Gasteiger partial charge in [0.05, 0.1) is 0 Å². The predicted molar refractivity (Wildman–Crippen MR) is 179 cm³/mol. The van der Waals surface area contributed by atoms with Crippen molar-refractivity contribution in [3.63, 3.8) is 0 Å². The van der Waals surface area contributed by atoms with E-state index in [9.17, 15) is 0 Å². The van der Waals surface area contributed by atoms with E-state index in [1.807, 2.05) is 14.2 Å². The van der Waals surface area contributed by atoms with Gasteiger partial charge in [-0.25, -0.2) is 0 Å². The van der Waals surface area contributed by atoms with E-state index < -0.39 is 8.56 Å². The molecule has 0 spiro atoms. The third-order valence-corrected chi connectivity index (χ3v) is 12.8. The first-order valence-corrected chi connectivity index (χ1v) is 20.6. The largest absolute Gasteiger partial charge is 0.398 e. The van der Waals surface area contributed by atoms with Crippen molar-refractivity contribution in [2.75, 3.05) is 14.2 Å². The molecule has 0 aromatic carbocycles. The first-order chi connectivity index (χ1) is 19.2. The van der Waals surface area contributed by atoms with Crippen molar-refractivity contribution in [2.45, 2.75) is 219 Å². The normalized spacial score (nSPS) is 12.0. The monoisotopic (exact) mass is 569 g/mol. The van der Waals surface area contributed by atoms with Gasteiger partial charge in [0.25, 0.3) is 0 Å². The van der Waals surface area contributed by atoms with E-state index in [-0.39, 0.29) is 0 Å². The van der Waals surface area contributed by atoms with Crippen LogP contribution in [0.2, 0.25) is 12.1 Å². The van der Waals surface area contributed by atoms with Gasteiger partial charge in [0.1, 0.15) is 0 Å². The molecule has 236 valence electrons. The molecule has 0 aromatic heterocycles. The Kier molecular flexibility index (Phi) is 32.8. The summed E-state index contributed by atoms with van der Waals surface area (Å²) in [6.07, 6.45) is 42.8. The zero-order valence-electron chi connectivity index (χ0n) is 27.9. The van der Waals surface area contributed by atoms with Crippen LogP contribution in [0.15, 0.2) is 0 Å². The molecule has 0 aliphatic heterocycles. The molecule has 0 bridgehead atoms. The Balaban J connectivity index is 3.52. The second kappa shape index (κ2) is 32.6. The van der Waals surface area contributed by atoms with Gasteiger partial charge in [0.2, 0.25) is 0 Å². The molecule has 0 saturated heterocycles. The maximum Gasteiger partial charge on any atom is 0.337 e. The Morgan fingerprint density at radius 1 is 0.282 bits per heavy atom. The number of rotatable bonds is 34. The first kappa shape index (κ1) is 39.1. The smallest absolute Gasteiger partial charge is 0.337 e. The molecule has 0 rings (SSSR count). The van der Waals surface area contributed by atoms with Crippen LogP contribution in [0.1, 0.15) is 206 Å². The standard InChI is InChI=1S/C36H76O2Si/c1-5-7-9-11-13-15-17-19-21-22-24-26-28-30-32-34-36-39(37-3,38-4)35-33-31-29-27-25-23-20-18-16-14-12-10-8-6-2/h5-36H2,1-4H3. The SMILES string of the molecule is CCCCCCCCCCCCCCCCCC[Si](CCCCCCCCCCCCCCCC)(OC)OC. The molecule has 0 aliphatic rings. The van der Waals surface area contributed by atoms with Crippen molar-refractivity contribution in [1.29, 1.82) is 0 Å². The molecule has 0 fully saturated rings. The van der Waals surface area contributed by atoms with E-state index in [0.29, 0.717) is 0 Å². The van der Waals surface area contributed by atoms with Crippen LogP contribution >= 0.6 is 0 Å². The zero-order chi connectivity index (χ0) is 28.5. The summed E-state index contributed by atoms with van der Waals surface area (Å²) in [5, 5.41) is 0. The van der Waals surface area contributed by atoms with Crippen LogP contribution in [-0.2, 0) is 8.85 Å². The summed E-state index contributed by atoms with van der Waals surface area (Å²) in [6.45, 7) is 4.60. The fourth-order valence-corrected chi connectivity index (χ4v) is 8.96. The van der Waals surface area contributed by atoms with Crippen molar-refractivity contribution in [2.24, 2.45) is 0 Å². The average Bonchev–Trinajstić information content (AvgIpc) is 2.96. The van der Waals surface area contributed by atoms with Gasteiger partial charge in [-0.3, -0.25) is 0 Å². The summed E-state index contributed by atoms with van der Waals surface area (Å²) in [6, 6.07) is 2.38. The minimum atomic E-state index is -1.95. The van der Waals surface area contributed by atoms with E-state index in [1.54, 1.807) is 0 Å². The Labute approximate surface area is 249 Å². The van der Waals surface area contributed by atoms with Crippen LogP contribution in [0.25, 0.3) is 0 Å². The summed E-state index contributed by atoms with van der Waals surface area (Å²) < 4.78 is 12.1. The number of hydrogen-bond donors (Lipinski definition) is 0. The molecule has 39 heavy (non-hydrogen) atoms. The van der Waals surface area contributed by atoms with Gasteiger partial charge >= 0.3 is 8.56 Å². The van der Waals surface area contributed by atoms with Crippen molar-refractivity contribution < 1.29 is 8.85 Å². The van der Waals surface area contributed by atoms with Crippen LogP contribution in [0.5, 0.6) is 0 Å². The molecule has 0 atom stereocenters. The highest BCUT2D eigenvalue weighted by Gasteiger charge is 2.33. The van der Waals surface area contributed by atoms with Gasteiger partial charge in [-0.05, 0) is 12.1 Å². The molecule has 0 unspecified atom stereocenters. The Bertz CT molecular complexity index is 438. The first-order valence-electron chi connectivity index (χ1n) is 18.3. The lowest BCUT2D eigenvalue weighted by atomic mass is 10.0. The van der Waals surface area contributed by atoms with Gasteiger partial charge in [0, 0.05) is 14.2 Å². The lowest BCUT2D eigenvalue weighted by Crippen LogP contribution is -2.39. The highest BCUT2D eigenvalue weighted by Crippen LogP contribution is 2.25. The predicted octanol–water partition coefficient (Wildman–Crippen LogP) is 13.5. The van der Waals surface area contributed by atoms with Crippen molar-refractivity contribution >= 4 is 8.56 Å². The molecular weight excluding hydrogens is 492 g/mol. The zero-order valence-corrected chi connectivity index (χ0v) is 28.9. The van der Waals surface area contributed by atoms with Crippen LogP contribution < -0.4 is 0 Å². The van der Waals surface area contributed by atoms with Crippen LogP contribution in [-0.4, -0.2) is 22.8 Å². The van der Waals surface area contributed by atoms with Crippen molar-refractivity contribution in [1.82, 2.24) is 0 Å². The van der Waals surface area contributed by atoms with E-state index in [0.717, 1.165) is 0 Å². The topological polar surface area (TPSA) is 18.5 Å². The van der Waals surface area contributed by atoms with Gasteiger partial charge in [-0.15, -0.1) is 0 Å². The lowest BCUT2D eigenvalue weighted by Gasteiger charge is -2.27. The highest BCUT2D eigenvalue weighted by atomic mass is 28.4. The maximum absolute atomic E-state index is 6.04. The van der Waals surface area contributed by atoms with Gasteiger partial charge in [-0.2, -0.15) is 0 Å². The van der Waals surface area contributed by atoms with Crippen LogP contribution in [0.4, 0.5) is 0 Å². The second-order valence-corrected chi connectivity index (χ2v) is 16.4.